The van der Waals surface area contributed by atoms with Crippen molar-refractivity contribution in [3.05, 3.63) is 70.0 Å². The van der Waals surface area contributed by atoms with Crippen LogP contribution in [0.2, 0.25) is 5.02 Å². The van der Waals surface area contributed by atoms with Crippen LogP contribution in [-0.4, -0.2) is 5.11 Å². The first-order valence-corrected chi connectivity index (χ1v) is 6.50. The van der Waals surface area contributed by atoms with Crippen molar-refractivity contribution in [2.45, 2.75) is 25.9 Å². The number of aryl methyl sites for hydroxylation is 1. The molecule has 0 fully saturated rings. The van der Waals surface area contributed by atoms with Crippen LogP contribution in [0.3, 0.4) is 0 Å². The smallest absolute Gasteiger partial charge is 0.123 e. The molecular weight excluding hydrogens is 263 g/mol. The van der Waals surface area contributed by atoms with Gasteiger partial charge in [-0.2, -0.15) is 0 Å². The van der Waals surface area contributed by atoms with Gasteiger partial charge < -0.3 is 5.11 Å². The third kappa shape index (κ3) is 3.34. The average molecular weight is 279 g/mol. The number of rotatable bonds is 3. The molecule has 2 aromatic carbocycles. The van der Waals surface area contributed by atoms with Crippen molar-refractivity contribution in [3.63, 3.8) is 0 Å². The molecule has 19 heavy (non-hydrogen) atoms. The topological polar surface area (TPSA) is 20.2 Å². The van der Waals surface area contributed by atoms with Gasteiger partial charge in [0.15, 0.2) is 0 Å². The first kappa shape index (κ1) is 14.0. The Balaban J connectivity index is 2.33. The molecule has 0 amide bonds. The Morgan fingerprint density at radius 3 is 2.63 bits per heavy atom. The lowest BCUT2D eigenvalue weighted by Gasteiger charge is -2.25. The summed E-state index contributed by atoms with van der Waals surface area (Å²) >= 11 is 6.04. The fraction of sp³-hybridized carbons (Fsp3) is 0.250. The van der Waals surface area contributed by atoms with E-state index in [1.807, 2.05) is 31.2 Å². The van der Waals surface area contributed by atoms with Crippen molar-refractivity contribution >= 4 is 11.6 Å². The summed E-state index contributed by atoms with van der Waals surface area (Å²) in [6, 6.07) is 11.8. The zero-order valence-corrected chi connectivity index (χ0v) is 11.7. The van der Waals surface area contributed by atoms with Crippen LogP contribution in [0.15, 0.2) is 42.5 Å². The van der Waals surface area contributed by atoms with Gasteiger partial charge in [-0.15, -0.1) is 0 Å². The molecule has 2 rings (SSSR count). The van der Waals surface area contributed by atoms with Crippen LogP contribution in [0.4, 0.5) is 4.39 Å². The summed E-state index contributed by atoms with van der Waals surface area (Å²) in [5.41, 5.74) is 1.40. The van der Waals surface area contributed by atoms with Crippen LogP contribution in [0.25, 0.3) is 0 Å². The predicted molar refractivity (Wildman–Crippen MR) is 75.9 cm³/mol. The molecule has 0 bridgehead atoms. The Hall–Kier alpha value is -1.38. The van der Waals surface area contributed by atoms with Gasteiger partial charge in [0.1, 0.15) is 5.82 Å². The molecule has 0 aliphatic heterocycles. The predicted octanol–water partition coefficient (Wildman–Crippen LogP) is 4.24. The molecule has 0 heterocycles. The average Bonchev–Trinajstić information content (AvgIpc) is 2.33. The molecule has 0 radical (unpaired) electrons. The quantitative estimate of drug-likeness (QED) is 0.890. The molecule has 0 saturated heterocycles. The van der Waals surface area contributed by atoms with E-state index in [0.29, 0.717) is 10.6 Å². The Morgan fingerprint density at radius 1 is 1.21 bits per heavy atom. The van der Waals surface area contributed by atoms with Gasteiger partial charge in [0.05, 0.1) is 5.60 Å². The normalized spacial score (nSPS) is 14.2. The van der Waals surface area contributed by atoms with Crippen molar-refractivity contribution in [1.82, 2.24) is 0 Å². The zero-order chi connectivity index (χ0) is 14.0. The molecule has 2 aromatic rings. The Bertz CT molecular complexity index is 593. The van der Waals surface area contributed by atoms with Crippen molar-refractivity contribution in [3.8, 4) is 0 Å². The highest BCUT2D eigenvalue weighted by atomic mass is 35.5. The van der Waals surface area contributed by atoms with E-state index in [1.165, 1.54) is 18.2 Å². The van der Waals surface area contributed by atoms with Crippen LogP contribution in [-0.2, 0) is 12.0 Å². The summed E-state index contributed by atoms with van der Waals surface area (Å²) < 4.78 is 13.2. The van der Waals surface area contributed by atoms with Crippen LogP contribution in [0.1, 0.15) is 23.6 Å². The minimum absolute atomic E-state index is 0.271. The molecular formula is C16H16ClFO. The Labute approximate surface area is 117 Å². The molecule has 1 nitrogen and oxygen atoms in total. The van der Waals surface area contributed by atoms with E-state index in [4.69, 9.17) is 11.6 Å². The summed E-state index contributed by atoms with van der Waals surface area (Å²) in [6.45, 7) is 3.68. The van der Waals surface area contributed by atoms with Crippen LogP contribution in [0, 0.1) is 12.7 Å². The van der Waals surface area contributed by atoms with Gasteiger partial charge in [0.25, 0.3) is 0 Å². The maximum atomic E-state index is 13.2. The van der Waals surface area contributed by atoms with Crippen molar-refractivity contribution in [2.24, 2.45) is 0 Å². The van der Waals surface area contributed by atoms with Crippen LogP contribution < -0.4 is 0 Å². The summed E-state index contributed by atoms with van der Waals surface area (Å²) in [5.74, 6) is -0.348. The second-order valence-electron chi connectivity index (χ2n) is 5.06. The van der Waals surface area contributed by atoms with E-state index in [-0.39, 0.29) is 12.2 Å². The molecule has 0 aliphatic rings. The van der Waals surface area contributed by atoms with E-state index in [2.05, 4.69) is 0 Å². The first-order valence-electron chi connectivity index (χ1n) is 6.12. The van der Waals surface area contributed by atoms with Crippen LogP contribution >= 0.6 is 11.6 Å². The van der Waals surface area contributed by atoms with Gasteiger partial charge in [0.2, 0.25) is 0 Å². The van der Waals surface area contributed by atoms with Gasteiger partial charge in [-0.05, 0) is 43.2 Å². The summed E-state index contributed by atoms with van der Waals surface area (Å²) in [4.78, 5) is 0. The van der Waals surface area contributed by atoms with E-state index < -0.39 is 5.60 Å². The van der Waals surface area contributed by atoms with E-state index in [0.717, 1.165) is 11.1 Å². The molecule has 1 N–H and O–H groups in total. The molecule has 1 unspecified atom stereocenters. The highest BCUT2D eigenvalue weighted by Gasteiger charge is 2.24. The highest BCUT2D eigenvalue weighted by molar-refractivity contribution is 6.31. The summed E-state index contributed by atoms with van der Waals surface area (Å²) in [6.07, 6.45) is 0.271. The van der Waals surface area contributed by atoms with Gasteiger partial charge in [-0.25, -0.2) is 4.39 Å². The monoisotopic (exact) mass is 278 g/mol. The highest BCUT2D eigenvalue weighted by Crippen LogP contribution is 2.29. The summed E-state index contributed by atoms with van der Waals surface area (Å²) in [7, 11) is 0. The van der Waals surface area contributed by atoms with Crippen LogP contribution in [0.5, 0.6) is 0 Å². The maximum Gasteiger partial charge on any atom is 0.123 e. The van der Waals surface area contributed by atoms with E-state index in [9.17, 15) is 9.50 Å². The Morgan fingerprint density at radius 2 is 1.95 bits per heavy atom. The number of benzene rings is 2. The van der Waals surface area contributed by atoms with Gasteiger partial charge in [-0.1, -0.05) is 41.4 Å². The fourth-order valence-electron chi connectivity index (χ4n) is 2.13. The Kier molecular flexibility index (Phi) is 3.93. The number of hydrogen-bond acceptors (Lipinski definition) is 1. The van der Waals surface area contributed by atoms with E-state index >= 15 is 0 Å². The molecule has 0 aliphatic carbocycles. The molecule has 100 valence electrons. The minimum Gasteiger partial charge on any atom is -0.385 e. The maximum absolute atomic E-state index is 13.2. The number of halogens is 2. The lowest BCUT2D eigenvalue weighted by molar-refractivity contribution is 0.0575. The third-order valence-electron chi connectivity index (χ3n) is 3.18. The number of aliphatic hydroxyl groups is 1. The van der Waals surface area contributed by atoms with Gasteiger partial charge in [0, 0.05) is 11.4 Å². The van der Waals surface area contributed by atoms with Gasteiger partial charge >= 0.3 is 0 Å². The zero-order valence-electron chi connectivity index (χ0n) is 11.0. The summed E-state index contributed by atoms with van der Waals surface area (Å²) in [5, 5.41) is 11.1. The molecule has 0 saturated carbocycles. The third-order valence-corrected chi connectivity index (χ3v) is 3.55. The largest absolute Gasteiger partial charge is 0.385 e. The van der Waals surface area contributed by atoms with Crippen molar-refractivity contribution in [2.75, 3.05) is 0 Å². The number of hydrogen-bond donors (Lipinski definition) is 1. The minimum atomic E-state index is -1.08. The lowest BCUT2D eigenvalue weighted by atomic mass is 9.88. The molecule has 0 aromatic heterocycles. The SMILES string of the molecule is Cc1cccc(C(C)(O)Cc2cc(F)ccc2Cl)c1. The first-order chi connectivity index (χ1) is 8.88. The lowest BCUT2D eigenvalue weighted by Crippen LogP contribution is -2.24. The molecule has 0 spiro atoms. The van der Waals surface area contributed by atoms with Crippen molar-refractivity contribution in [1.29, 1.82) is 0 Å². The van der Waals surface area contributed by atoms with Gasteiger partial charge in [-0.3, -0.25) is 0 Å². The second-order valence-corrected chi connectivity index (χ2v) is 5.46. The molecule has 1 atom stereocenters. The van der Waals surface area contributed by atoms with E-state index in [1.54, 1.807) is 6.92 Å². The fourth-order valence-corrected chi connectivity index (χ4v) is 2.32. The second kappa shape index (κ2) is 5.32. The standard InChI is InChI=1S/C16H16ClFO/c1-11-4-3-5-13(8-11)16(2,19)10-12-9-14(18)6-7-15(12)17/h3-9,19H,10H2,1-2H3. The molecule has 3 heteroatoms. The van der Waals surface area contributed by atoms with Crippen molar-refractivity contribution < 1.29 is 9.50 Å².